The third-order valence-electron chi connectivity index (χ3n) is 3.01. The Morgan fingerprint density at radius 2 is 1.69 bits per heavy atom. The fraction of sp³-hybridized carbons (Fsp3) is 0.0667. The molecule has 0 radical (unpaired) electrons. The van der Waals surface area contributed by atoms with Gasteiger partial charge in [0.2, 0.25) is 0 Å². The van der Waals surface area contributed by atoms with Gasteiger partial charge in [0.15, 0.2) is 0 Å². The average molecular weight is 207 g/mol. The van der Waals surface area contributed by atoms with Crippen molar-refractivity contribution in [3.8, 4) is 11.3 Å². The van der Waals surface area contributed by atoms with Gasteiger partial charge in [-0.3, -0.25) is 0 Å². The summed E-state index contributed by atoms with van der Waals surface area (Å²) in [5, 5.41) is 2.59. The summed E-state index contributed by atoms with van der Waals surface area (Å²) in [7, 11) is 0. The van der Waals surface area contributed by atoms with Gasteiger partial charge >= 0.3 is 0 Å². The molecule has 0 bridgehead atoms. The highest BCUT2D eigenvalue weighted by Crippen LogP contribution is 2.29. The number of fused-ring (bicyclic) bond motifs is 1. The Morgan fingerprint density at radius 1 is 0.875 bits per heavy atom. The number of rotatable bonds is 1. The first-order valence-corrected chi connectivity index (χ1v) is 5.48. The van der Waals surface area contributed by atoms with E-state index < -0.39 is 0 Å². The van der Waals surface area contributed by atoms with Gasteiger partial charge in [-0.2, -0.15) is 0 Å². The molecule has 3 rings (SSSR count). The molecule has 16 heavy (non-hydrogen) atoms. The van der Waals surface area contributed by atoms with Gasteiger partial charge in [-0.1, -0.05) is 42.5 Å². The van der Waals surface area contributed by atoms with E-state index in [4.69, 9.17) is 0 Å². The molecule has 0 saturated heterocycles. The second kappa shape index (κ2) is 3.53. The number of aromatic nitrogens is 1. The van der Waals surface area contributed by atoms with Gasteiger partial charge in [0, 0.05) is 17.5 Å². The molecule has 1 heteroatoms. The minimum Gasteiger partial charge on any atom is -0.361 e. The van der Waals surface area contributed by atoms with E-state index >= 15 is 0 Å². The van der Waals surface area contributed by atoms with Crippen LogP contribution in [0.4, 0.5) is 0 Å². The van der Waals surface area contributed by atoms with Crippen LogP contribution >= 0.6 is 0 Å². The molecule has 0 saturated carbocycles. The number of H-pyrrole nitrogens is 1. The highest BCUT2D eigenvalue weighted by Gasteiger charge is 2.05. The lowest BCUT2D eigenvalue weighted by Gasteiger charge is -2.05. The van der Waals surface area contributed by atoms with Crippen LogP contribution in [0.1, 0.15) is 5.56 Å². The van der Waals surface area contributed by atoms with Crippen LogP contribution in [0.2, 0.25) is 0 Å². The molecular weight excluding hydrogens is 194 g/mol. The first kappa shape index (κ1) is 9.22. The summed E-state index contributed by atoms with van der Waals surface area (Å²) in [6.45, 7) is 2.13. The number of hydrogen-bond acceptors (Lipinski definition) is 0. The molecule has 0 aliphatic heterocycles. The molecule has 0 atom stereocenters. The van der Waals surface area contributed by atoms with Crippen molar-refractivity contribution in [3.05, 3.63) is 60.3 Å². The molecule has 3 aromatic rings. The van der Waals surface area contributed by atoms with Crippen molar-refractivity contribution in [2.24, 2.45) is 0 Å². The topological polar surface area (TPSA) is 15.8 Å². The van der Waals surface area contributed by atoms with Crippen LogP contribution in [0.15, 0.2) is 54.7 Å². The van der Waals surface area contributed by atoms with Gasteiger partial charge in [0.05, 0.1) is 0 Å². The van der Waals surface area contributed by atoms with Crippen LogP contribution < -0.4 is 0 Å². The molecule has 0 fully saturated rings. The van der Waals surface area contributed by atoms with E-state index in [1.165, 1.54) is 27.6 Å². The second-order valence-corrected chi connectivity index (χ2v) is 4.06. The summed E-state index contributed by atoms with van der Waals surface area (Å²) in [6, 6.07) is 17.0. The number of nitrogens with one attached hydrogen (secondary N) is 1. The van der Waals surface area contributed by atoms with Gasteiger partial charge in [-0.25, -0.2) is 0 Å². The third kappa shape index (κ3) is 1.33. The average Bonchev–Trinajstić information content (AvgIpc) is 2.75. The zero-order chi connectivity index (χ0) is 11.0. The number of aromatic amines is 1. The fourth-order valence-corrected chi connectivity index (χ4v) is 2.18. The maximum atomic E-state index is 3.31. The summed E-state index contributed by atoms with van der Waals surface area (Å²) < 4.78 is 0. The van der Waals surface area contributed by atoms with Crippen LogP contribution in [0.25, 0.3) is 22.0 Å². The fourth-order valence-electron chi connectivity index (χ4n) is 2.18. The molecule has 0 spiro atoms. The van der Waals surface area contributed by atoms with Crippen LogP contribution in [0.5, 0.6) is 0 Å². The largest absolute Gasteiger partial charge is 0.361 e. The summed E-state index contributed by atoms with van der Waals surface area (Å²) in [4.78, 5) is 3.31. The smallest absolute Gasteiger partial charge is 0.0489 e. The predicted molar refractivity (Wildman–Crippen MR) is 68.5 cm³/mol. The molecule has 78 valence electrons. The molecule has 0 aliphatic rings. The molecular formula is C15H13N. The first-order valence-electron chi connectivity index (χ1n) is 5.48. The lowest BCUT2D eigenvalue weighted by Crippen LogP contribution is -1.83. The normalized spacial score (nSPS) is 10.8. The Hall–Kier alpha value is -2.02. The van der Waals surface area contributed by atoms with Crippen molar-refractivity contribution < 1.29 is 0 Å². The van der Waals surface area contributed by atoms with Crippen molar-refractivity contribution >= 4 is 10.8 Å². The lowest BCUT2D eigenvalue weighted by atomic mass is 10.0. The zero-order valence-corrected chi connectivity index (χ0v) is 9.20. The van der Waals surface area contributed by atoms with E-state index in [0.29, 0.717) is 0 Å². The molecule has 2 aromatic carbocycles. The van der Waals surface area contributed by atoms with Crippen molar-refractivity contribution in [1.82, 2.24) is 4.98 Å². The maximum absolute atomic E-state index is 3.31. The summed E-state index contributed by atoms with van der Waals surface area (Å²) in [5.41, 5.74) is 3.79. The van der Waals surface area contributed by atoms with Gasteiger partial charge in [0.1, 0.15) is 0 Å². The molecule has 0 unspecified atom stereocenters. The lowest BCUT2D eigenvalue weighted by molar-refractivity contribution is 1.38. The molecule has 1 aromatic heterocycles. The summed E-state index contributed by atoms with van der Waals surface area (Å²) in [6.07, 6.45) is 1.99. The summed E-state index contributed by atoms with van der Waals surface area (Å²) >= 11 is 0. The Kier molecular flexibility index (Phi) is 2.03. The van der Waals surface area contributed by atoms with Crippen LogP contribution in [0.3, 0.4) is 0 Å². The Morgan fingerprint density at radius 3 is 2.50 bits per heavy atom. The van der Waals surface area contributed by atoms with Crippen molar-refractivity contribution in [3.63, 3.8) is 0 Å². The maximum Gasteiger partial charge on any atom is 0.0489 e. The first-order chi connectivity index (χ1) is 7.86. The number of benzene rings is 2. The van der Waals surface area contributed by atoms with E-state index in [1.807, 2.05) is 6.20 Å². The highest BCUT2D eigenvalue weighted by atomic mass is 14.7. The second-order valence-electron chi connectivity index (χ2n) is 4.06. The van der Waals surface area contributed by atoms with Gasteiger partial charge in [-0.05, 0) is 29.3 Å². The molecule has 0 aliphatic carbocycles. The van der Waals surface area contributed by atoms with Crippen LogP contribution in [-0.2, 0) is 0 Å². The van der Waals surface area contributed by atoms with Crippen molar-refractivity contribution in [2.45, 2.75) is 6.92 Å². The van der Waals surface area contributed by atoms with E-state index in [9.17, 15) is 0 Å². The third-order valence-corrected chi connectivity index (χ3v) is 3.01. The van der Waals surface area contributed by atoms with E-state index in [-0.39, 0.29) is 0 Å². The Balaban J connectivity index is 2.36. The minimum atomic E-state index is 1.22. The van der Waals surface area contributed by atoms with Gasteiger partial charge in [0.25, 0.3) is 0 Å². The SMILES string of the molecule is Cc1cc[nH]c1-c1cccc2ccccc12. The standard InChI is InChI=1S/C15H13N/c1-11-9-10-16-15(11)14-8-4-6-12-5-2-3-7-13(12)14/h2-10,16H,1H3. The predicted octanol–water partition coefficient (Wildman–Crippen LogP) is 4.14. The molecule has 1 nitrogen and oxygen atoms in total. The quantitative estimate of drug-likeness (QED) is 0.617. The molecule has 0 amide bonds. The van der Waals surface area contributed by atoms with Crippen LogP contribution in [-0.4, -0.2) is 4.98 Å². The van der Waals surface area contributed by atoms with E-state index in [1.54, 1.807) is 0 Å². The molecule has 1 N–H and O–H groups in total. The van der Waals surface area contributed by atoms with Gasteiger partial charge < -0.3 is 4.98 Å². The van der Waals surface area contributed by atoms with Crippen molar-refractivity contribution in [1.29, 1.82) is 0 Å². The molecule has 1 heterocycles. The number of aryl methyl sites for hydroxylation is 1. The van der Waals surface area contributed by atoms with Gasteiger partial charge in [-0.15, -0.1) is 0 Å². The van der Waals surface area contributed by atoms with Crippen molar-refractivity contribution in [2.75, 3.05) is 0 Å². The highest BCUT2D eigenvalue weighted by molar-refractivity contribution is 5.96. The minimum absolute atomic E-state index is 1.22. The zero-order valence-electron chi connectivity index (χ0n) is 9.20. The van der Waals surface area contributed by atoms with E-state index in [0.717, 1.165) is 0 Å². The number of hydrogen-bond donors (Lipinski definition) is 1. The Labute approximate surface area is 94.7 Å². The Bertz CT molecular complexity index is 629. The van der Waals surface area contributed by atoms with Crippen LogP contribution in [0, 0.1) is 6.92 Å². The monoisotopic (exact) mass is 207 g/mol. The summed E-state index contributed by atoms with van der Waals surface area (Å²) in [5.74, 6) is 0. The van der Waals surface area contributed by atoms with E-state index in [2.05, 4.69) is 60.4 Å².